The van der Waals surface area contributed by atoms with Crippen LogP contribution in [-0.4, -0.2) is 27.0 Å². The molecule has 0 radical (unpaired) electrons. The number of hydrogen-bond acceptors (Lipinski definition) is 4. The van der Waals surface area contributed by atoms with Gasteiger partial charge >= 0.3 is 0 Å². The maximum absolute atomic E-state index is 12.8. The van der Waals surface area contributed by atoms with E-state index in [1.165, 1.54) is 0 Å². The van der Waals surface area contributed by atoms with E-state index in [2.05, 4.69) is 0 Å². The van der Waals surface area contributed by atoms with Gasteiger partial charge < -0.3 is 20.4 Å². The van der Waals surface area contributed by atoms with Gasteiger partial charge in [-0.2, -0.15) is 0 Å². The molecular formula is C27H26F12O4Zr. The summed E-state index contributed by atoms with van der Waals surface area (Å²) in [5.41, 5.74) is -5.14. The number of benzene rings is 3. The summed E-state index contributed by atoms with van der Waals surface area (Å²) >= 11 is 0. The Kier molecular flexibility index (Phi) is 19.7. The monoisotopic (exact) mass is 732 g/mol. The van der Waals surface area contributed by atoms with Gasteiger partial charge in [-0.15, -0.1) is 0 Å². The van der Waals surface area contributed by atoms with Gasteiger partial charge in [-0.25, -0.2) is 52.7 Å². The second kappa shape index (κ2) is 19.8. The first-order chi connectivity index (χ1) is 19.9. The average molecular weight is 734 g/mol. The second-order valence-corrected chi connectivity index (χ2v) is 8.28. The van der Waals surface area contributed by atoms with Crippen molar-refractivity contribution in [3.8, 4) is 0 Å². The molecule has 0 heterocycles. The number of halogens is 12. The topological polar surface area (TPSA) is 80.9 Å². The molecule has 0 bridgehead atoms. The van der Waals surface area contributed by atoms with Crippen LogP contribution in [-0.2, 0) is 46.0 Å². The quantitative estimate of drug-likeness (QED) is 0.182. The van der Waals surface area contributed by atoms with Crippen LogP contribution in [0, 0.1) is 90.6 Å². The van der Waals surface area contributed by atoms with Crippen molar-refractivity contribution in [1.82, 2.24) is 0 Å². The number of aliphatic hydroxyl groups excluding tert-OH is 4. The summed E-state index contributed by atoms with van der Waals surface area (Å²) in [4.78, 5) is 0. The third-order valence-corrected chi connectivity index (χ3v) is 5.42. The largest absolute Gasteiger partial charge is 0.396 e. The van der Waals surface area contributed by atoms with E-state index in [-0.39, 0.29) is 26.2 Å². The third kappa shape index (κ3) is 10.0. The fourth-order valence-electron chi connectivity index (χ4n) is 2.78. The molecule has 0 amide bonds. The Morgan fingerprint density at radius 1 is 0.364 bits per heavy atom. The van der Waals surface area contributed by atoms with Crippen LogP contribution in [0.25, 0.3) is 0 Å². The second-order valence-electron chi connectivity index (χ2n) is 8.28. The number of rotatable bonds is 4. The van der Waals surface area contributed by atoms with Gasteiger partial charge in [0, 0.05) is 49.5 Å². The number of hydrogen-bond donors (Lipinski definition) is 4. The van der Waals surface area contributed by atoms with E-state index in [4.69, 9.17) is 20.4 Å². The molecule has 44 heavy (non-hydrogen) atoms. The van der Waals surface area contributed by atoms with Crippen molar-refractivity contribution in [2.45, 2.75) is 53.9 Å². The van der Waals surface area contributed by atoms with E-state index in [0.29, 0.717) is 6.61 Å². The molecule has 0 spiro atoms. The molecule has 0 aliphatic carbocycles. The van der Waals surface area contributed by atoms with Gasteiger partial charge in [0.1, 0.15) is 0 Å². The van der Waals surface area contributed by atoms with Gasteiger partial charge in [0.2, 0.25) is 0 Å². The van der Waals surface area contributed by atoms with Crippen molar-refractivity contribution in [2.24, 2.45) is 0 Å². The van der Waals surface area contributed by atoms with Crippen LogP contribution in [0.1, 0.15) is 46.7 Å². The normalized spacial score (nSPS) is 10.1. The summed E-state index contributed by atoms with van der Waals surface area (Å²) in [6.45, 7) is 1.76. The van der Waals surface area contributed by atoms with Gasteiger partial charge in [-0.05, 0) is 27.2 Å². The summed E-state index contributed by atoms with van der Waals surface area (Å²) in [7, 11) is 0. The molecule has 0 unspecified atom stereocenters. The molecule has 0 saturated carbocycles. The van der Waals surface area contributed by atoms with Crippen molar-refractivity contribution >= 4 is 0 Å². The van der Waals surface area contributed by atoms with Gasteiger partial charge in [0.15, 0.2) is 69.8 Å². The van der Waals surface area contributed by atoms with Crippen LogP contribution in [0.15, 0.2) is 0 Å². The van der Waals surface area contributed by atoms with E-state index in [1.54, 1.807) is 0 Å². The van der Waals surface area contributed by atoms with Crippen molar-refractivity contribution < 1.29 is 99.3 Å². The first-order valence-electron chi connectivity index (χ1n) is 11.8. The summed E-state index contributed by atoms with van der Waals surface area (Å²) in [5.74, 6) is -18.1. The Bertz CT molecular complexity index is 1170. The summed E-state index contributed by atoms with van der Waals surface area (Å²) < 4.78 is 153. The number of aliphatic hydroxyl groups is 4. The molecule has 17 heteroatoms. The summed E-state index contributed by atoms with van der Waals surface area (Å²) in [6.07, 6.45) is 0.875. The molecule has 3 aromatic rings. The first-order valence-corrected chi connectivity index (χ1v) is 11.8. The zero-order valence-corrected chi connectivity index (χ0v) is 25.8. The average Bonchev–Trinajstić information content (AvgIpc) is 3.00. The van der Waals surface area contributed by atoms with Crippen LogP contribution in [0.2, 0.25) is 0 Å². The van der Waals surface area contributed by atoms with E-state index >= 15 is 0 Å². The van der Waals surface area contributed by atoms with E-state index in [0.717, 1.165) is 27.2 Å². The Hall–Kier alpha value is -2.46. The predicted molar refractivity (Wildman–Crippen MR) is 128 cm³/mol. The van der Waals surface area contributed by atoms with Crippen LogP contribution in [0.5, 0.6) is 0 Å². The minimum absolute atomic E-state index is 0. The maximum Gasteiger partial charge on any atom is 0.167 e. The van der Waals surface area contributed by atoms with Crippen molar-refractivity contribution in [2.75, 3.05) is 6.61 Å². The van der Waals surface area contributed by atoms with E-state index < -0.39 is 123 Å². The first kappa shape index (κ1) is 43.7. The van der Waals surface area contributed by atoms with Gasteiger partial charge in [0.05, 0.1) is 36.5 Å². The minimum atomic E-state index is -1.54. The van der Waals surface area contributed by atoms with Gasteiger partial charge in [-0.1, -0.05) is 6.92 Å². The third-order valence-electron chi connectivity index (χ3n) is 5.42. The standard InChI is InChI=1S/3C8H6F4O.C3H8O.Zr/c3*1-3-5(9)7(11)4(2-13)8(12)6(3)10;1-2-3-4;/h3*13H,2H2,1H3;4H,2-3H2,1H3;. The van der Waals surface area contributed by atoms with Crippen LogP contribution in [0.3, 0.4) is 0 Å². The van der Waals surface area contributed by atoms with Crippen LogP contribution in [0.4, 0.5) is 52.7 Å². The maximum atomic E-state index is 12.8. The van der Waals surface area contributed by atoms with Crippen molar-refractivity contribution in [3.05, 3.63) is 103 Å². The van der Waals surface area contributed by atoms with Crippen molar-refractivity contribution in [1.29, 1.82) is 0 Å². The summed E-state index contributed by atoms with van der Waals surface area (Å²) in [5, 5.41) is 33.2. The molecule has 0 atom stereocenters. The van der Waals surface area contributed by atoms with E-state index in [1.807, 2.05) is 6.92 Å². The van der Waals surface area contributed by atoms with Crippen LogP contribution >= 0.6 is 0 Å². The van der Waals surface area contributed by atoms with Gasteiger partial charge in [-0.3, -0.25) is 0 Å². The molecule has 3 aromatic carbocycles. The SMILES string of the molecule is CCCO.Cc1c(F)c(F)c(CO)c(F)c1F.Cc1c(F)c(F)c(CO)c(F)c1F.Cc1c(F)c(F)c(CO)c(F)c1F.[Zr]. The summed E-state index contributed by atoms with van der Waals surface area (Å²) in [6, 6.07) is 0. The van der Waals surface area contributed by atoms with Crippen LogP contribution < -0.4 is 0 Å². The zero-order chi connectivity index (χ0) is 33.9. The minimum Gasteiger partial charge on any atom is -0.396 e. The molecule has 0 aliphatic heterocycles. The zero-order valence-electron chi connectivity index (χ0n) is 23.4. The molecule has 0 aromatic heterocycles. The molecule has 0 saturated heterocycles. The molecule has 246 valence electrons. The fourth-order valence-corrected chi connectivity index (χ4v) is 2.78. The smallest absolute Gasteiger partial charge is 0.167 e. The predicted octanol–water partition coefficient (Wildman–Crippen LogP) is 6.52. The molecule has 4 N–H and O–H groups in total. The molecule has 3 rings (SSSR count). The molecule has 0 fully saturated rings. The molecular weight excluding hydrogens is 707 g/mol. The van der Waals surface area contributed by atoms with E-state index in [9.17, 15) is 52.7 Å². The Morgan fingerprint density at radius 3 is 0.591 bits per heavy atom. The Balaban J connectivity index is 0. The molecule has 4 nitrogen and oxygen atoms in total. The fraction of sp³-hybridized carbons (Fsp3) is 0.333. The Labute approximate surface area is 262 Å². The Morgan fingerprint density at radius 2 is 0.500 bits per heavy atom. The van der Waals surface area contributed by atoms with Gasteiger partial charge in [0.25, 0.3) is 0 Å². The molecule has 0 aliphatic rings. The van der Waals surface area contributed by atoms with Crippen molar-refractivity contribution in [3.63, 3.8) is 0 Å².